The number of amides is 2. The molecule has 2 saturated heterocycles. The van der Waals surface area contributed by atoms with Crippen molar-refractivity contribution >= 4 is 40.2 Å². The summed E-state index contributed by atoms with van der Waals surface area (Å²) >= 11 is 1.66. The first-order valence-corrected chi connectivity index (χ1v) is 17.9. The lowest BCUT2D eigenvalue weighted by Crippen LogP contribution is -2.65. The van der Waals surface area contributed by atoms with Crippen LogP contribution >= 0.6 is 11.3 Å². The van der Waals surface area contributed by atoms with Crippen molar-refractivity contribution in [1.82, 2.24) is 9.80 Å². The second-order valence-corrected chi connectivity index (χ2v) is 14.9. The van der Waals surface area contributed by atoms with E-state index in [1.165, 1.54) is 12.1 Å². The molecule has 1 spiro atoms. The lowest BCUT2D eigenvalue weighted by atomic mass is 9.72. The number of nitrogens with zero attached hydrogens (tertiary/aromatic N) is 4. The first-order valence-electron chi connectivity index (χ1n) is 17.1. The van der Waals surface area contributed by atoms with Crippen molar-refractivity contribution in [3.8, 4) is 10.4 Å². The maximum atomic E-state index is 14.7. The van der Waals surface area contributed by atoms with E-state index in [4.69, 9.17) is 4.74 Å². The van der Waals surface area contributed by atoms with E-state index in [2.05, 4.69) is 38.5 Å². The Morgan fingerprint density at radius 3 is 2.61 bits per heavy atom. The molecule has 5 aliphatic rings. The minimum Gasteiger partial charge on any atom is -0.381 e. The fourth-order valence-corrected chi connectivity index (χ4v) is 9.19. The Kier molecular flexibility index (Phi) is 8.34. The highest BCUT2D eigenvalue weighted by Crippen LogP contribution is 2.44. The molecule has 0 saturated carbocycles. The highest BCUT2D eigenvalue weighted by molar-refractivity contribution is 7.17. The van der Waals surface area contributed by atoms with Gasteiger partial charge in [0.2, 0.25) is 0 Å². The zero-order valence-electron chi connectivity index (χ0n) is 27.9. The van der Waals surface area contributed by atoms with Crippen molar-refractivity contribution in [3.05, 3.63) is 106 Å². The molecule has 1 aromatic heterocycles. The summed E-state index contributed by atoms with van der Waals surface area (Å²) in [6.07, 6.45) is 12.5. The maximum Gasteiger partial charge on any atom is 0.258 e. The molecule has 2 fully saturated rings. The summed E-state index contributed by atoms with van der Waals surface area (Å²) in [5, 5.41) is 3.08. The van der Waals surface area contributed by atoms with Gasteiger partial charge < -0.3 is 19.9 Å². The van der Waals surface area contributed by atoms with Crippen LogP contribution in [0.15, 0.2) is 89.2 Å². The van der Waals surface area contributed by atoms with Crippen LogP contribution in [0.2, 0.25) is 0 Å². The maximum absolute atomic E-state index is 14.7. The Balaban J connectivity index is 0.992. The van der Waals surface area contributed by atoms with E-state index in [0.29, 0.717) is 35.5 Å². The summed E-state index contributed by atoms with van der Waals surface area (Å²) in [6.45, 7) is 5.94. The Morgan fingerprint density at radius 2 is 1.86 bits per heavy atom. The fourth-order valence-electron chi connectivity index (χ4n) is 7.93. The third kappa shape index (κ3) is 6.06. The van der Waals surface area contributed by atoms with Crippen LogP contribution in [-0.4, -0.2) is 73.4 Å². The minimum absolute atomic E-state index is 0.145. The topological polar surface area (TPSA) is 77.5 Å². The monoisotopic (exact) mass is 677 g/mol. The van der Waals surface area contributed by atoms with Crippen molar-refractivity contribution < 1.29 is 18.7 Å². The van der Waals surface area contributed by atoms with Crippen LogP contribution in [0.3, 0.4) is 0 Å². The SMILES string of the molecule is CC1=CN(C)C(N2CC3(CCOCC3)C2)C(C(=O)Nc2ccc(C(=O)N3CCc4cc(C5=NC=CCC5)sc4-c4ccc(F)cc43)cc2)=C1. The van der Waals surface area contributed by atoms with Crippen molar-refractivity contribution in [2.75, 3.05) is 50.1 Å². The summed E-state index contributed by atoms with van der Waals surface area (Å²) in [7, 11) is 2.03. The molecule has 8 rings (SSSR count). The molecule has 1 N–H and O–H groups in total. The van der Waals surface area contributed by atoms with Crippen LogP contribution < -0.4 is 10.2 Å². The van der Waals surface area contributed by atoms with E-state index in [-0.39, 0.29) is 29.2 Å². The zero-order chi connectivity index (χ0) is 33.7. The third-order valence-corrected chi connectivity index (χ3v) is 11.7. The normalized spacial score (nSPS) is 21.5. The number of likely N-dealkylation sites (N-methyl/N-ethyl adjacent to an activating group) is 1. The van der Waals surface area contributed by atoms with Gasteiger partial charge in [-0.1, -0.05) is 6.08 Å². The summed E-state index contributed by atoms with van der Waals surface area (Å²) < 4.78 is 20.3. The van der Waals surface area contributed by atoms with E-state index < -0.39 is 0 Å². The summed E-state index contributed by atoms with van der Waals surface area (Å²) in [4.78, 5) is 40.7. The van der Waals surface area contributed by atoms with Gasteiger partial charge in [-0.25, -0.2) is 4.39 Å². The Morgan fingerprint density at radius 1 is 1.06 bits per heavy atom. The average Bonchev–Trinajstić information content (AvgIpc) is 3.46. The van der Waals surface area contributed by atoms with E-state index in [0.717, 1.165) is 84.2 Å². The van der Waals surface area contributed by atoms with Gasteiger partial charge >= 0.3 is 0 Å². The molecular formula is C39H40FN5O3S. The molecule has 2 aromatic carbocycles. The second kappa shape index (κ2) is 12.8. The first kappa shape index (κ1) is 31.9. The largest absolute Gasteiger partial charge is 0.381 e. The van der Waals surface area contributed by atoms with Crippen LogP contribution in [-0.2, 0) is 16.0 Å². The number of benzene rings is 2. The predicted molar refractivity (Wildman–Crippen MR) is 193 cm³/mol. The van der Waals surface area contributed by atoms with Gasteiger partial charge in [-0.3, -0.25) is 19.5 Å². The van der Waals surface area contributed by atoms with Gasteiger partial charge in [-0.05, 0) is 105 Å². The van der Waals surface area contributed by atoms with Gasteiger partial charge in [0.25, 0.3) is 11.8 Å². The number of rotatable bonds is 5. The molecule has 1 atom stereocenters. The molecule has 6 heterocycles. The number of ether oxygens (including phenoxy) is 1. The van der Waals surface area contributed by atoms with E-state index in [9.17, 15) is 14.0 Å². The fraction of sp³-hybridized carbons (Fsp3) is 0.359. The molecule has 10 heteroatoms. The standard InChI is InChI=1S/C39H40FN5O3S/c1-25-19-31(37(43(2)22-25)44-23-39(24-44)13-17-48-18-14-39)36(46)42-29-9-6-26(7-10-29)38(47)45-16-12-27-20-34(32-5-3-4-15-41-32)49-35(27)30-11-8-28(40)21-33(30)45/h4,6-11,15,19-22,37H,3,5,12-14,16-18,23-24H2,1-2H3,(H,42,46). The van der Waals surface area contributed by atoms with Crippen LogP contribution in [0.25, 0.3) is 10.4 Å². The van der Waals surface area contributed by atoms with Crippen LogP contribution in [0, 0.1) is 11.2 Å². The lowest BCUT2D eigenvalue weighted by molar-refractivity contribution is -0.122. The van der Waals surface area contributed by atoms with Crippen molar-refractivity contribution in [2.45, 2.75) is 45.2 Å². The number of allylic oxidation sites excluding steroid dienone is 3. The van der Waals surface area contributed by atoms with Crippen molar-refractivity contribution in [2.24, 2.45) is 10.4 Å². The molecule has 2 amide bonds. The Bertz CT molecular complexity index is 1930. The molecule has 49 heavy (non-hydrogen) atoms. The van der Waals surface area contributed by atoms with Crippen LogP contribution in [0.4, 0.5) is 15.8 Å². The number of thiophene rings is 1. The number of halogens is 1. The third-order valence-electron chi connectivity index (χ3n) is 10.4. The highest BCUT2D eigenvalue weighted by atomic mass is 32.1. The summed E-state index contributed by atoms with van der Waals surface area (Å²) in [5.41, 5.74) is 6.72. The highest BCUT2D eigenvalue weighted by Gasteiger charge is 2.48. The molecule has 0 aliphatic carbocycles. The number of anilines is 2. The second-order valence-electron chi connectivity index (χ2n) is 13.9. The van der Waals surface area contributed by atoms with Gasteiger partial charge in [-0.2, -0.15) is 0 Å². The van der Waals surface area contributed by atoms with Crippen molar-refractivity contribution in [3.63, 3.8) is 0 Å². The molecule has 1 unspecified atom stereocenters. The molecule has 252 valence electrons. The minimum atomic E-state index is -0.385. The molecule has 0 radical (unpaired) electrons. The number of hydrogen-bond donors (Lipinski definition) is 1. The molecule has 8 nitrogen and oxygen atoms in total. The Hall–Kier alpha value is -4.38. The number of fused-ring (bicyclic) bond motifs is 3. The van der Waals surface area contributed by atoms with E-state index in [1.807, 2.05) is 26.2 Å². The molecule has 5 aliphatic heterocycles. The van der Waals surface area contributed by atoms with Gasteiger partial charge in [0.05, 0.1) is 17.0 Å². The van der Waals surface area contributed by atoms with E-state index in [1.54, 1.807) is 46.6 Å². The molecule has 0 bridgehead atoms. The average molecular weight is 678 g/mol. The molecule has 3 aromatic rings. The number of hydrogen-bond acceptors (Lipinski definition) is 7. The zero-order valence-corrected chi connectivity index (χ0v) is 28.7. The summed E-state index contributed by atoms with van der Waals surface area (Å²) in [6, 6.07) is 13.9. The van der Waals surface area contributed by atoms with Gasteiger partial charge in [0.1, 0.15) is 12.0 Å². The lowest BCUT2D eigenvalue weighted by Gasteiger charge is -2.56. The summed E-state index contributed by atoms with van der Waals surface area (Å²) in [5.74, 6) is -0.753. The molecular weight excluding hydrogens is 638 g/mol. The number of aliphatic imine (C=N–C) groups is 1. The first-order chi connectivity index (χ1) is 23.8. The van der Waals surface area contributed by atoms with Crippen LogP contribution in [0.5, 0.6) is 0 Å². The van der Waals surface area contributed by atoms with E-state index >= 15 is 0 Å². The number of carbonyl (C=O) groups is 2. The van der Waals surface area contributed by atoms with Gasteiger partial charge in [0, 0.05) is 84.3 Å². The van der Waals surface area contributed by atoms with Gasteiger partial charge in [-0.15, -0.1) is 11.3 Å². The number of nitrogens with one attached hydrogen (secondary N) is 1. The number of carbonyl (C=O) groups excluding carboxylic acids is 2. The quantitative estimate of drug-likeness (QED) is 0.315. The smallest absolute Gasteiger partial charge is 0.258 e. The van der Waals surface area contributed by atoms with Crippen LogP contribution in [0.1, 0.15) is 53.4 Å². The predicted octanol–water partition coefficient (Wildman–Crippen LogP) is 7.01. The van der Waals surface area contributed by atoms with Gasteiger partial charge in [0.15, 0.2) is 0 Å². The number of likely N-dealkylation sites (tertiary alicyclic amines) is 1. The Labute approximate surface area is 290 Å². The van der Waals surface area contributed by atoms with Crippen molar-refractivity contribution in [1.29, 1.82) is 0 Å².